The van der Waals surface area contributed by atoms with Gasteiger partial charge in [0.05, 0.1) is 4.90 Å². The summed E-state index contributed by atoms with van der Waals surface area (Å²) in [4.78, 5) is 11.3. The van der Waals surface area contributed by atoms with Crippen LogP contribution in [0, 0.1) is 11.3 Å². The number of ether oxygens (including phenoxy) is 1. The lowest BCUT2D eigenvalue weighted by molar-refractivity contribution is -0.144. The smallest absolute Gasteiger partial charge is 0.322 e. The van der Waals surface area contributed by atoms with Crippen molar-refractivity contribution in [1.82, 2.24) is 4.72 Å². The van der Waals surface area contributed by atoms with E-state index in [9.17, 15) is 13.2 Å². The topological polar surface area (TPSA) is 96.3 Å². The highest BCUT2D eigenvalue weighted by Crippen LogP contribution is 2.06. The second kappa shape index (κ2) is 6.14. The first-order chi connectivity index (χ1) is 8.45. The van der Waals surface area contributed by atoms with E-state index in [2.05, 4.69) is 9.46 Å². The summed E-state index contributed by atoms with van der Waals surface area (Å²) in [6, 6.07) is 9.35. The van der Waals surface area contributed by atoms with Crippen molar-refractivity contribution in [3.8, 4) is 6.07 Å². The highest BCUT2D eigenvalue weighted by Gasteiger charge is 2.16. The molecule has 1 N–H and O–H groups in total. The number of sulfonamides is 1. The SMILES string of the molecule is C[C@@H](C#N)OC(=O)CNS(=O)(=O)c1ccccc1. The zero-order valence-corrected chi connectivity index (χ0v) is 10.5. The molecule has 0 aliphatic heterocycles. The van der Waals surface area contributed by atoms with Crippen LogP contribution >= 0.6 is 0 Å². The van der Waals surface area contributed by atoms with Gasteiger partial charge in [-0.2, -0.15) is 9.98 Å². The Balaban J connectivity index is 2.59. The summed E-state index contributed by atoms with van der Waals surface area (Å²) in [6.45, 7) is 0.882. The van der Waals surface area contributed by atoms with Crippen LogP contribution in [0.5, 0.6) is 0 Å². The van der Waals surface area contributed by atoms with E-state index in [1.54, 1.807) is 24.3 Å². The van der Waals surface area contributed by atoms with Gasteiger partial charge in [-0.15, -0.1) is 0 Å². The first-order valence-corrected chi connectivity index (χ1v) is 6.58. The average Bonchev–Trinajstić information content (AvgIpc) is 2.37. The van der Waals surface area contributed by atoms with Crippen LogP contribution in [-0.4, -0.2) is 27.0 Å². The Morgan fingerprint density at radius 2 is 2.06 bits per heavy atom. The summed E-state index contributed by atoms with van der Waals surface area (Å²) in [7, 11) is -3.73. The minimum atomic E-state index is -3.73. The van der Waals surface area contributed by atoms with Crippen LogP contribution in [0.2, 0.25) is 0 Å². The number of nitrogens with one attached hydrogen (secondary N) is 1. The van der Waals surface area contributed by atoms with Gasteiger partial charge in [0.2, 0.25) is 10.0 Å². The molecule has 7 heteroatoms. The molecule has 6 nitrogen and oxygen atoms in total. The normalized spacial score (nSPS) is 12.4. The number of nitriles is 1. The zero-order chi connectivity index (χ0) is 13.6. The maximum absolute atomic E-state index is 11.7. The molecule has 18 heavy (non-hydrogen) atoms. The zero-order valence-electron chi connectivity index (χ0n) is 9.66. The quantitative estimate of drug-likeness (QED) is 0.781. The van der Waals surface area contributed by atoms with Crippen LogP contribution in [0.3, 0.4) is 0 Å². The monoisotopic (exact) mass is 268 g/mol. The fourth-order valence-corrected chi connectivity index (χ4v) is 2.09. The van der Waals surface area contributed by atoms with Crippen molar-refractivity contribution in [3.05, 3.63) is 30.3 Å². The predicted octanol–water partition coefficient (Wildman–Crippen LogP) is 0.420. The van der Waals surface area contributed by atoms with E-state index in [0.29, 0.717) is 0 Å². The molecule has 96 valence electrons. The third-order valence-electron chi connectivity index (χ3n) is 1.95. The highest BCUT2D eigenvalue weighted by molar-refractivity contribution is 7.89. The maximum Gasteiger partial charge on any atom is 0.322 e. The van der Waals surface area contributed by atoms with Gasteiger partial charge in [-0.05, 0) is 19.1 Å². The van der Waals surface area contributed by atoms with Crippen molar-refractivity contribution in [2.24, 2.45) is 0 Å². The van der Waals surface area contributed by atoms with Gasteiger partial charge < -0.3 is 4.74 Å². The van der Waals surface area contributed by atoms with E-state index >= 15 is 0 Å². The lowest BCUT2D eigenvalue weighted by Crippen LogP contribution is -2.31. The van der Waals surface area contributed by atoms with Gasteiger partial charge in [-0.25, -0.2) is 8.42 Å². The molecule has 0 amide bonds. The first kappa shape index (κ1) is 14.2. The second-order valence-electron chi connectivity index (χ2n) is 3.40. The van der Waals surface area contributed by atoms with E-state index in [4.69, 9.17) is 5.26 Å². The molecule has 0 unspecified atom stereocenters. The molecule has 0 aliphatic carbocycles. The van der Waals surface area contributed by atoms with Crippen molar-refractivity contribution in [1.29, 1.82) is 5.26 Å². The number of hydrogen-bond donors (Lipinski definition) is 1. The summed E-state index contributed by atoms with van der Waals surface area (Å²) in [6.07, 6.45) is -0.904. The molecule has 0 fully saturated rings. The van der Waals surface area contributed by atoms with E-state index in [1.165, 1.54) is 19.1 Å². The Morgan fingerprint density at radius 1 is 1.44 bits per heavy atom. The second-order valence-corrected chi connectivity index (χ2v) is 5.17. The van der Waals surface area contributed by atoms with Gasteiger partial charge in [0.1, 0.15) is 12.6 Å². The average molecular weight is 268 g/mol. The lowest BCUT2D eigenvalue weighted by atomic mass is 10.4. The molecule has 0 aromatic heterocycles. The number of rotatable bonds is 5. The van der Waals surface area contributed by atoms with E-state index < -0.39 is 28.6 Å². The van der Waals surface area contributed by atoms with Crippen molar-refractivity contribution < 1.29 is 17.9 Å². The van der Waals surface area contributed by atoms with Crippen LogP contribution in [0.25, 0.3) is 0 Å². The minimum Gasteiger partial charge on any atom is -0.446 e. The molecular weight excluding hydrogens is 256 g/mol. The third-order valence-corrected chi connectivity index (χ3v) is 3.37. The van der Waals surface area contributed by atoms with Crippen LogP contribution in [0.4, 0.5) is 0 Å². The Bertz CT molecular complexity index is 548. The molecule has 1 aromatic rings. The molecule has 1 rings (SSSR count). The molecular formula is C11H12N2O4S. The molecule has 0 aliphatic rings. The Hall–Kier alpha value is -1.91. The van der Waals surface area contributed by atoms with Crippen molar-refractivity contribution in [2.45, 2.75) is 17.9 Å². The summed E-state index contributed by atoms with van der Waals surface area (Å²) < 4.78 is 30.1. The Morgan fingerprint density at radius 3 is 2.61 bits per heavy atom. The fourth-order valence-electron chi connectivity index (χ4n) is 1.10. The van der Waals surface area contributed by atoms with Gasteiger partial charge in [0.15, 0.2) is 6.10 Å². The molecule has 1 atom stereocenters. The predicted molar refractivity (Wildman–Crippen MR) is 62.8 cm³/mol. The number of carbonyl (C=O) groups is 1. The standard InChI is InChI=1S/C11H12N2O4S/c1-9(7-12)17-11(14)8-13-18(15,16)10-5-3-2-4-6-10/h2-6,9,13H,8H2,1H3/t9-/m0/s1. The van der Waals surface area contributed by atoms with Gasteiger partial charge in [-0.1, -0.05) is 18.2 Å². The van der Waals surface area contributed by atoms with E-state index in [-0.39, 0.29) is 4.90 Å². The van der Waals surface area contributed by atoms with Crippen molar-refractivity contribution in [2.75, 3.05) is 6.54 Å². The summed E-state index contributed by atoms with van der Waals surface area (Å²) in [5.74, 6) is -0.802. The molecule has 0 saturated carbocycles. The van der Waals surface area contributed by atoms with Crippen molar-refractivity contribution in [3.63, 3.8) is 0 Å². The largest absolute Gasteiger partial charge is 0.446 e. The maximum atomic E-state index is 11.7. The van der Waals surface area contributed by atoms with E-state index in [1.807, 2.05) is 0 Å². The van der Waals surface area contributed by atoms with Crippen LogP contribution in [0.1, 0.15) is 6.92 Å². The Kier molecular flexibility index (Phi) is 4.83. The van der Waals surface area contributed by atoms with Crippen molar-refractivity contribution >= 4 is 16.0 Å². The van der Waals surface area contributed by atoms with Crippen LogP contribution in [0.15, 0.2) is 35.2 Å². The van der Waals surface area contributed by atoms with Crippen LogP contribution in [-0.2, 0) is 19.6 Å². The molecule has 0 heterocycles. The van der Waals surface area contributed by atoms with Gasteiger partial charge in [0.25, 0.3) is 0 Å². The number of carbonyl (C=O) groups excluding carboxylic acids is 1. The van der Waals surface area contributed by atoms with Gasteiger partial charge >= 0.3 is 5.97 Å². The molecule has 0 spiro atoms. The molecule has 0 saturated heterocycles. The minimum absolute atomic E-state index is 0.0612. The number of hydrogen-bond acceptors (Lipinski definition) is 5. The lowest BCUT2D eigenvalue weighted by Gasteiger charge is -2.08. The van der Waals surface area contributed by atoms with Gasteiger partial charge in [-0.3, -0.25) is 4.79 Å². The Labute approximate surface area is 105 Å². The van der Waals surface area contributed by atoms with Crippen LogP contribution < -0.4 is 4.72 Å². The number of benzene rings is 1. The molecule has 0 bridgehead atoms. The van der Waals surface area contributed by atoms with Gasteiger partial charge in [0, 0.05) is 0 Å². The number of esters is 1. The van der Waals surface area contributed by atoms with E-state index in [0.717, 1.165) is 0 Å². The molecule has 1 aromatic carbocycles. The number of nitrogens with zero attached hydrogens (tertiary/aromatic N) is 1. The third kappa shape index (κ3) is 4.16. The first-order valence-electron chi connectivity index (χ1n) is 5.09. The summed E-state index contributed by atoms with van der Waals surface area (Å²) in [5.41, 5.74) is 0. The summed E-state index contributed by atoms with van der Waals surface area (Å²) in [5, 5.41) is 8.42. The highest BCUT2D eigenvalue weighted by atomic mass is 32.2. The summed E-state index contributed by atoms with van der Waals surface area (Å²) >= 11 is 0. The molecule has 0 radical (unpaired) electrons. The fraction of sp³-hybridized carbons (Fsp3) is 0.273.